The van der Waals surface area contributed by atoms with Gasteiger partial charge in [-0.05, 0) is 29.3 Å². The summed E-state index contributed by atoms with van der Waals surface area (Å²) in [4.78, 5) is 8.90. The summed E-state index contributed by atoms with van der Waals surface area (Å²) in [5, 5.41) is 22.5. The van der Waals surface area contributed by atoms with Crippen LogP contribution in [0.3, 0.4) is 0 Å². The average Bonchev–Trinajstić information content (AvgIpc) is 3.17. The number of benzene rings is 2. The molecule has 7 nitrogen and oxygen atoms in total. The molecule has 0 amide bonds. The Morgan fingerprint density at radius 2 is 1.86 bits per heavy atom. The van der Waals surface area contributed by atoms with Crippen LogP contribution in [0.1, 0.15) is 11.1 Å². The van der Waals surface area contributed by atoms with Gasteiger partial charge in [-0.2, -0.15) is 0 Å². The lowest BCUT2D eigenvalue weighted by Crippen LogP contribution is -2.04. The zero-order valence-corrected chi connectivity index (χ0v) is 15.3. The molecule has 4 rings (SSSR count). The van der Waals surface area contributed by atoms with E-state index in [1.165, 1.54) is 7.11 Å². The van der Waals surface area contributed by atoms with E-state index in [2.05, 4.69) is 15.3 Å². The SMILES string of the molecule is COc1ccc(-c2cnc3c(NCc4ccc(CO)cc4)nccn23)cc1O. The van der Waals surface area contributed by atoms with Gasteiger partial charge in [0.2, 0.25) is 0 Å². The molecule has 2 aromatic carbocycles. The van der Waals surface area contributed by atoms with Crippen molar-refractivity contribution in [1.29, 1.82) is 0 Å². The predicted octanol–water partition coefficient (Wildman–Crippen LogP) is 3.21. The van der Waals surface area contributed by atoms with Crippen LogP contribution >= 0.6 is 0 Å². The Balaban J connectivity index is 1.62. The Labute approximate surface area is 161 Å². The van der Waals surface area contributed by atoms with Gasteiger partial charge in [-0.25, -0.2) is 9.97 Å². The second kappa shape index (κ2) is 7.58. The number of phenols is 1. The zero-order chi connectivity index (χ0) is 19.5. The summed E-state index contributed by atoms with van der Waals surface area (Å²) < 4.78 is 7.03. The lowest BCUT2D eigenvalue weighted by atomic mass is 10.1. The number of anilines is 1. The fourth-order valence-electron chi connectivity index (χ4n) is 3.06. The van der Waals surface area contributed by atoms with E-state index in [4.69, 9.17) is 9.84 Å². The largest absolute Gasteiger partial charge is 0.504 e. The Morgan fingerprint density at radius 1 is 1.07 bits per heavy atom. The maximum atomic E-state index is 10.1. The molecule has 2 aromatic heterocycles. The summed E-state index contributed by atoms with van der Waals surface area (Å²) in [5.74, 6) is 1.17. The van der Waals surface area contributed by atoms with Gasteiger partial charge in [0.15, 0.2) is 23.0 Å². The average molecular weight is 376 g/mol. The van der Waals surface area contributed by atoms with E-state index >= 15 is 0 Å². The Morgan fingerprint density at radius 3 is 2.57 bits per heavy atom. The predicted molar refractivity (Wildman–Crippen MR) is 106 cm³/mol. The van der Waals surface area contributed by atoms with Crippen molar-refractivity contribution in [3.8, 4) is 22.8 Å². The monoisotopic (exact) mass is 376 g/mol. The van der Waals surface area contributed by atoms with Crippen LogP contribution in [-0.4, -0.2) is 31.7 Å². The molecule has 0 atom stereocenters. The number of ether oxygens (including phenoxy) is 1. The molecule has 0 aliphatic rings. The smallest absolute Gasteiger partial charge is 0.180 e. The third kappa shape index (κ3) is 3.35. The van der Waals surface area contributed by atoms with Crippen molar-refractivity contribution in [1.82, 2.24) is 14.4 Å². The van der Waals surface area contributed by atoms with E-state index < -0.39 is 0 Å². The highest BCUT2D eigenvalue weighted by Crippen LogP contribution is 2.32. The molecule has 0 radical (unpaired) electrons. The summed E-state index contributed by atoms with van der Waals surface area (Å²) in [6, 6.07) is 13.0. The molecule has 0 saturated carbocycles. The molecule has 0 spiro atoms. The normalized spacial score (nSPS) is 10.9. The van der Waals surface area contributed by atoms with Gasteiger partial charge < -0.3 is 20.3 Å². The number of fused-ring (bicyclic) bond motifs is 1. The van der Waals surface area contributed by atoms with E-state index in [0.717, 1.165) is 22.4 Å². The molecule has 0 fully saturated rings. The number of phenolic OH excluding ortho intramolecular Hbond substituents is 1. The van der Waals surface area contributed by atoms with Crippen LogP contribution in [-0.2, 0) is 13.2 Å². The molecule has 0 bridgehead atoms. The van der Waals surface area contributed by atoms with Crippen molar-refractivity contribution < 1.29 is 14.9 Å². The first-order valence-corrected chi connectivity index (χ1v) is 8.81. The third-order valence-corrected chi connectivity index (χ3v) is 4.57. The summed E-state index contributed by atoms with van der Waals surface area (Å²) >= 11 is 0. The number of methoxy groups -OCH3 is 1. The van der Waals surface area contributed by atoms with Gasteiger partial charge in [0.25, 0.3) is 0 Å². The molecular formula is C21H20N4O3. The highest BCUT2D eigenvalue weighted by Gasteiger charge is 2.12. The Kier molecular flexibility index (Phi) is 4.82. The van der Waals surface area contributed by atoms with Gasteiger partial charge in [-0.1, -0.05) is 24.3 Å². The van der Waals surface area contributed by atoms with Crippen LogP contribution in [0.25, 0.3) is 16.9 Å². The third-order valence-electron chi connectivity index (χ3n) is 4.57. The molecule has 28 heavy (non-hydrogen) atoms. The first kappa shape index (κ1) is 17.8. The molecule has 4 aromatic rings. The van der Waals surface area contributed by atoms with Crippen LogP contribution < -0.4 is 10.1 Å². The standard InChI is InChI=1S/C21H20N4O3/c1-28-19-7-6-16(10-18(19)27)17-12-24-21-20(22-8-9-25(17)21)23-11-14-2-4-15(13-26)5-3-14/h2-10,12,26-27H,11,13H2,1H3,(H,22,23). The van der Waals surface area contributed by atoms with Crippen LogP contribution in [0.4, 0.5) is 5.82 Å². The number of nitrogens with one attached hydrogen (secondary N) is 1. The van der Waals surface area contributed by atoms with E-state index in [0.29, 0.717) is 23.8 Å². The van der Waals surface area contributed by atoms with Gasteiger partial charge >= 0.3 is 0 Å². The first-order valence-electron chi connectivity index (χ1n) is 8.81. The minimum Gasteiger partial charge on any atom is -0.504 e. The van der Waals surface area contributed by atoms with Crippen molar-refractivity contribution in [3.05, 3.63) is 72.2 Å². The van der Waals surface area contributed by atoms with Gasteiger partial charge in [-0.3, -0.25) is 4.40 Å². The van der Waals surface area contributed by atoms with Crippen LogP contribution in [0.5, 0.6) is 11.5 Å². The fraction of sp³-hybridized carbons (Fsp3) is 0.143. The van der Waals surface area contributed by atoms with Crippen molar-refractivity contribution in [3.63, 3.8) is 0 Å². The minimum absolute atomic E-state index is 0.0341. The number of aliphatic hydroxyl groups excluding tert-OH is 1. The maximum absolute atomic E-state index is 10.1. The molecule has 7 heteroatoms. The Bertz CT molecular complexity index is 1110. The molecule has 142 valence electrons. The molecule has 0 unspecified atom stereocenters. The van der Waals surface area contributed by atoms with Crippen molar-refractivity contribution in [2.24, 2.45) is 0 Å². The van der Waals surface area contributed by atoms with E-state index in [9.17, 15) is 5.11 Å². The van der Waals surface area contributed by atoms with E-state index in [1.54, 1.807) is 24.5 Å². The quantitative estimate of drug-likeness (QED) is 0.479. The van der Waals surface area contributed by atoms with Crippen molar-refractivity contribution >= 4 is 11.5 Å². The van der Waals surface area contributed by atoms with Gasteiger partial charge in [0.1, 0.15) is 0 Å². The summed E-state index contributed by atoms with van der Waals surface area (Å²) in [6.45, 7) is 0.621. The zero-order valence-electron chi connectivity index (χ0n) is 15.3. The second-order valence-corrected chi connectivity index (χ2v) is 6.33. The number of nitrogens with zero attached hydrogens (tertiary/aromatic N) is 3. The fourth-order valence-corrected chi connectivity index (χ4v) is 3.06. The number of hydrogen-bond donors (Lipinski definition) is 3. The van der Waals surface area contributed by atoms with Gasteiger partial charge in [0.05, 0.1) is 25.6 Å². The topological polar surface area (TPSA) is 91.9 Å². The molecule has 0 aliphatic carbocycles. The highest BCUT2D eigenvalue weighted by atomic mass is 16.5. The minimum atomic E-state index is 0.0341. The molecule has 3 N–H and O–H groups in total. The first-order chi connectivity index (χ1) is 13.7. The lowest BCUT2D eigenvalue weighted by molar-refractivity contribution is 0.282. The summed E-state index contributed by atoms with van der Waals surface area (Å²) in [5.41, 5.74) is 4.31. The van der Waals surface area contributed by atoms with Gasteiger partial charge in [-0.15, -0.1) is 0 Å². The molecule has 0 saturated heterocycles. The number of imidazole rings is 1. The number of hydrogen-bond acceptors (Lipinski definition) is 6. The molecular weight excluding hydrogens is 356 g/mol. The molecule has 2 heterocycles. The van der Waals surface area contributed by atoms with Crippen LogP contribution in [0.2, 0.25) is 0 Å². The van der Waals surface area contributed by atoms with Crippen LogP contribution in [0, 0.1) is 0 Å². The Hall–Kier alpha value is -3.58. The van der Waals surface area contributed by atoms with Crippen LogP contribution in [0.15, 0.2) is 61.1 Å². The number of aromatic nitrogens is 3. The highest BCUT2D eigenvalue weighted by molar-refractivity contribution is 5.72. The lowest BCUT2D eigenvalue weighted by Gasteiger charge is -2.09. The maximum Gasteiger partial charge on any atom is 0.180 e. The van der Waals surface area contributed by atoms with Crippen molar-refractivity contribution in [2.75, 3.05) is 12.4 Å². The van der Waals surface area contributed by atoms with Crippen molar-refractivity contribution in [2.45, 2.75) is 13.2 Å². The molecule has 0 aliphatic heterocycles. The second-order valence-electron chi connectivity index (χ2n) is 6.33. The number of aliphatic hydroxyl groups is 1. The summed E-state index contributed by atoms with van der Waals surface area (Å²) in [7, 11) is 1.52. The van der Waals surface area contributed by atoms with E-state index in [1.807, 2.05) is 40.9 Å². The number of aromatic hydroxyl groups is 1. The summed E-state index contributed by atoms with van der Waals surface area (Å²) in [6.07, 6.45) is 5.29. The van der Waals surface area contributed by atoms with E-state index in [-0.39, 0.29) is 12.4 Å². The van der Waals surface area contributed by atoms with Gasteiger partial charge in [0, 0.05) is 24.5 Å². The number of rotatable bonds is 6.